The molecule has 1 rings (SSSR count). The minimum Gasteiger partial charge on any atom is -0.497 e. The molecule has 0 amide bonds. The minimum absolute atomic E-state index is 0.285. The van der Waals surface area contributed by atoms with E-state index in [2.05, 4.69) is 0 Å². The Balaban J connectivity index is 3.06. The quantitative estimate of drug-likeness (QED) is 0.782. The molecule has 0 N–H and O–H groups in total. The molecular weight excluding hydrogens is 214 g/mol. The van der Waals surface area contributed by atoms with Gasteiger partial charge < -0.3 is 4.74 Å². The highest BCUT2D eigenvalue weighted by Crippen LogP contribution is 2.18. The third kappa shape index (κ3) is 2.49. The van der Waals surface area contributed by atoms with E-state index < -0.39 is 10.0 Å². The van der Waals surface area contributed by atoms with Crippen molar-refractivity contribution in [2.45, 2.75) is 11.8 Å². The number of benzene rings is 1. The molecule has 0 aliphatic heterocycles. The van der Waals surface area contributed by atoms with Crippen molar-refractivity contribution in [1.29, 1.82) is 0 Å². The molecule has 0 bridgehead atoms. The lowest BCUT2D eigenvalue weighted by Gasteiger charge is -2.14. The van der Waals surface area contributed by atoms with Crippen LogP contribution >= 0.6 is 0 Å². The average Bonchev–Trinajstić information content (AvgIpc) is 2.28. The van der Waals surface area contributed by atoms with Crippen LogP contribution in [0.4, 0.5) is 0 Å². The molecular formula is C10H15NO3S. The maximum absolute atomic E-state index is 11.8. The fourth-order valence-corrected chi connectivity index (χ4v) is 2.28. The molecule has 0 fully saturated rings. The van der Waals surface area contributed by atoms with E-state index in [1.165, 1.54) is 4.31 Å². The zero-order valence-corrected chi connectivity index (χ0v) is 9.91. The first-order chi connectivity index (χ1) is 7.02. The van der Waals surface area contributed by atoms with E-state index >= 15 is 0 Å². The van der Waals surface area contributed by atoms with Crippen LogP contribution in [-0.4, -0.2) is 33.4 Å². The normalized spacial score (nSPS) is 11.7. The average molecular weight is 229 g/mol. The molecule has 0 aliphatic rings. The molecule has 5 heteroatoms. The van der Waals surface area contributed by atoms with Crippen molar-refractivity contribution in [3.8, 4) is 5.75 Å². The second-order valence-corrected chi connectivity index (χ2v) is 5.14. The second-order valence-electron chi connectivity index (χ2n) is 3.09. The van der Waals surface area contributed by atoms with Crippen LogP contribution < -0.4 is 4.74 Å². The first-order valence-corrected chi connectivity index (χ1v) is 6.06. The van der Waals surface area contributed by atoms with Crippen LogP contribution in [0.5, 0.6) is 5.75 Å². The van der Waals surface area contributed by atoms with Gasteiger partial charge in [0.25, 0.3) is 0 Å². The number of hydrogen-bond donors (Lipinski definition) is 0. The summed E-state index contributed by atoms with van der Waals surface area (Å²) >= 11 is 0. The molecule has 0 saturated heterocycles. The highest BCUT2D eigenvalue weighted by Gasteiger charge is 2.18. The predicted octanol–water partition coefficient (Wildman–Crippen LogP) is 1.34. The van der Waals surface area contributed by atoms with Gasteiger partial charge in [-0.05, 0) is 24.3 Å². The molecule has 0 unspecified atom stereocenters. The predicted molar refractivity (Wildman–Crippen MR) is 58.5 cm³/mol. The summed E-state index contributed by atoms with van der Waals surface area (Å²) in [4.78, 5) is 0.285. The van der Waals surface area contributed by atoms with E-state index in [1.807, 2.05) is 0 Å². The van der Waals surface area contributed by atoms with Crippen molar-refractivity contribution >= 4 is 10.0 Å². The number of ether oxygens (including phenoxy) is 1. The topological polar surface area (TPSA) is 46.6 Å². The minimum atomic E-state index is -3.34. The zero-order chi connectivity index (χ0) is 11.5. The molecule has 0 heterocycles. The lowest BCUT2D eigenvalue weighted by molar-refractivity contribution is 0.414. The van der Waals surface area contributed by atoms with Crippen molar-refractivity contribution in [2.24, 2.45) is 0 Å². The van der Waals surface area contributed by atoms with Gasteiger partial charge >= 0.3 is 0 Å². The molecule has 4 nitrogen and oxygen atoms in total. The lowest BCUT2D eigenvalue weighted by Crippen LogP contribution is -2.26. The Bertz CT molecular complexity index is 411. The van der Waals surface area contributed by atoms with E-state index in [1.54, 1.807) is 45.3 Å². The molecule has 0 spiro atoms. The van der Waals surface area contributed by atoms with Gasteiger partial charge in [0.2, 0.25) is 10.0 Å². The summed E-state index contributed by atoms with van der Waals surface area (Å²) in [6.07, 6.45) is 0. The third-order valence-corrected chi connectivity index (χ3v) is 4.16. The molecule has 1 aromatic rings. The SMILES string of the molecule is CCN(C)S(=O)(=O)c1ccc(OC)cc1. The maximum Gasteiger partial charge on any atom is 0.242 e. The summed E-state index contributed by atoms with van der Waals surface area (Å²) in [5, 5.41) is 0. The number of sulfonamides is 1. The van der Waals surface area contributed by atoms with Gasteiger partial charge in [0.1, 0.15) is 5.75 Å². The van der Waals surface area contributed by atoms with E-state index in [0.29, 0.717) is 12.3 Å². The monoisotopic (exact) mass is 229 g/mol. The maximum atomic E-state index is 11.8. The van der Waals surface area contributed by atoms with Crippen molar-refractivity contribution in [3.05, 3.63) is 24.3 Å². The Morgan fingerprint density at radius 3 is 2.20 bits per heavy atom. The van der Waals surface area contributed by atoms with E-state index in [4.69, 9.17) is 4.74 Å². The molecule has 0 aliphatic carbocycles. The molecule has 0 radical (unpaired) electrons. The Morgan fingerprint density at radius 2 is 1.80 bits per heavy atom. The zero-order valence-electron chi connectivity index (χ0n) is 9.10. The molecule has 1 aromatic carbocycles. The number of hydrogen-bond acceptors (Lipinski definition) is 3. The van der Waals surface area contributed by atoms with E-state index in [9.17, 15) is 8.42 Å². The van der Waals surface area contributed by atoms with Crippen LogP contribution in [0.25, 0.3) is 0 Å². The highest BCUT2D eigenvalue weighted by atomic mass is 32.2. The van der Waals surface area contributed by atoms with Gasteiger partial charge in [-0.3, -0.25) is 0 Å². The van der Waals surface area contributed by atoms with Crippen LogP contribution in [-0.2, 0) is 10.0 Å². The van der Waals surface area contributed by atoms with Crippen molar-refractivity contribution in [3.63, 3.8) is 0 Å². The van der Waals surface area contributed by atoms with Crippen LogP contribution in [0.1, 0.15) is 6.92 Å². The van der Waals surface area contributed by atoms with Gasteiger partial charge in [-0.25, -0.2) is 12.7 Å². The molecule has 0 atom stereocenters. The summed E-state index contributed by atoms with van der Waals surface area (Å²) < 4.78 is 30.0. The van der Waals surface area contributed by atoms with Crippen LogP contribution in [0.2, 0.25) is 0 Å². The van der Waals surface area contributed by atoms with Gasteiger partial charge in [-0.1, -0.05) is 6.92 Å². The van der Waals surface area contributed by atoms with Gasteiger partial charge in [0.05, 0.1) is 12.0 Å². The number of rotatable bonds is 4. The van der Waals surface area contributed by atoms with Crippen LogP contribution in [0.15, 0.2) is 29.2 Å². The van der Waals surface area contributed by atoms with Crippen molar-refractivity contribution < 1.29 is 13.2 Å². The highest BCUT2D eigenvalue weighted by molar-refractivity contribution is 7.89. The second kappa shape index (κ2) is 4.63. The van der Waals surface area contributed by atoms with Crippen molar-refractivity contribution in [2.75, 3.05) is 20.7 Å². The molecule has 15 heavy (non-hydrogen) atoms. The smallest absolute Gasteiger partial charge is 0.242 e. The molecule has 0 aromatic heterocycles. The fraction of sp³-hybridized carbons (Fsp3) is 0.400. The summed E-state index contributed by atoms with van der Waals surface area (Å²) in [5.74, 6) is 0.646. The largest absolute Gasteiger partial charge is 0.497 e. The number of methoxy groups -OCH3 is 1. The first kappa shape index (κ1) is 12.0. The Hall–Kier alpha value is -1.07. The lowest BCUT2D eigenvalue weighted by atomic mass is 10.3. The van der Waals surface area contributed by atoms with Gasteiger partial charge in [0, 0.05) is 13.6 Å². The summed E-state index contributed by atoms with van der Waals surface area (Å²) in [6, 6.07) is 6.35. The van der Waals surface area contributed by atoms with Gasteiger partial charge in [-0.15, -0.1) is 0 Å². The standard InChI is InChI=1S/C10H15NO3S/c1-4-11(2)15(12,13)10-7-5-9(14-3)6-8-10/h5-8H,4H2,1-3H3. The van der Waals surface area contributed by atoms with Crippen molar-refractivity contribution in [1.82, 2.24) is 4.31 Å². The summed E-state index contributed by atoms with van der Waals surface area (Å²) in [5.41, 5.74) is 0. The Kier molecular flexibility index (Phi) is 3.71. The number of nitrogens with zero attached hydrogens (tertiary/aromatic N) is 1. The summed E-state index contributed by atoms with van der Waals surface area (Å²) in [6.45, 7) is 2.25. The molecule has 0 saturated carbocycles. The first-order valence-electron chi connectivity index (χ1n) is 4.62. The van der Waals surface area contributed by atoms with Crippen LogP contribution in [0, 0.1) is 0 Å². The fourth-order valence-electron chi connectivity index (χ4n) is 1.10. The van der Waals surface area contributed by atoms with Gasteiger partial charge in [-0.2, -0.15) is 0 Å². The third-order valence-electron chi connectivity index (χ3n) is 2.21. The van der Waals surface area contributed by atoms with E-state index in [-0.39, 0.29) is 4.90 Å². The van der Waals surface area contributed by atoms with E-state index in [0.717, 1.165) is 0 Å². The van der Waals surface area contributed by atoms with Crippen LogP contribution in [0.3, 0.4) is 0 Å². The Morgan fingerprint density at radius 1 is 1.27 bits per heavy atom. The molecule has 84 valence electrons. The Labute approximate surface area is 90.5 Å². The van der Waals surface area contributed by atoms with Gasteiger partial charge in [0.15, 0.2) is 0 Å². The summed E-state index contributed by atoms with van der Waals surface area (Å²) in [7, 11) is -0.238.